The van der Waals surface area contributed by atoms with E-state index < -0.39 is 0 Å². The second-order valence-corrected chi connectivity index (χ2v) is 6.83. The Hall–Kier alpha value is -3.20. The Morgan fingerprint density at radius 2 is 2.25 bits per heavy atom. The number of nitrogens with one attached hydrogen (secondary N) is 1. The van der Waals surface area contributed by atoms with Crippen LogP contribution >= 0.6 is 0 Å². The fourth-order valence-corrected chi connectivity index (χ4v) is 3.35. The smallest absolute Gasteiger partial charge is 0.256 e. The summed E-state index contributed by atoms with van der Waals surface area (Å²) in [5.41, 5.74) is 1.89. The number of carbonyl (C=O) groups excluding carboxylic acids is 1. The van der Waals surface area contributed by atoms with Crippen LogP contribution in [0, 0.1) is 6.92 Å². The van der Waals surface area contributed by atoms with Gasteiger partial charge >= 0.3 is 0 Å². The van der Waals surface area contributed by atoms with Gasteiger partial charge in [-0.3, -0.25) is 19.1 Å². The van der Waals surface area contributed by atoms with Crippen LogP contribution in [0.25, 0.3) is 0 Å². The highest BCUT2D eigenvalue weighted by Gasteiger charge is 2.19. The second kappa shape index (κ2) is 7.81. The number of fused-ring (bicyclic) bond motifs is 1. The van der Waals surface area contributed by atoms with Gasteiger partial charge in [0.05, 0.1) is 37.5 Å². The van der Waals surface area contributed by atoms with Crippen molar-refractivity contribution >= 4 is 5.91 Å². The van der Waals surface area contributed by atoms with Crippen molar-refractivity contribution < 1.29 is 13.7 Å². The van der Waals surface area contributed by atoms with E-state index in [-0.39, 0.29) is 18.0 Å². The van der Waals surface area contributed by atoms with Gasteiger partial charge in [-0.05, 0) is 19.4 Å². The lowest BCUT2D eigenvalue weighted by molar-refractivity contribution is 0.0948. The third kappa shape index (κ3) is 3.89. The highest BCUT2D eigenvalue weighted by Crippen LogP contribution is 2.13. The van der Waals surface area contributed by atoms with E-state index in [0.29, 0.717) is 35.9 Å². The summed E-state index contributed by atoms with van der Waals surface area (Å²) in [6.07, 6.45) is 5.62. The highest BCUT2D eigenvalue weighted by atomic mass is 16.5. The van der Waals surface area contributed by atoms with Crippen LogP contribution in [0.2, 0.25) is 0 Å². The number of hydrogen-bond donors (Lipinski definition) is 1. The quantitative estimate of drug-likeness (QED) is 0.711. The Morgan fingerprint density at radius 1 is 1.36 bits per heavy atom. The van der Waals surface area contributed by atoms with Crippen molar-refractivity contribution in [3.05, 3.63) is 69.6 Å². The second-order valence-electron chi connectivity index (χ2n) is 6.83. The minimum Gasteiger partial charge on any atom is -0.472 e. The van der Waals surface area contributed by atoms with Gasteiger partial charge in [-0.2, -0.15) is 0 Å². The molecule has 0 saturated carbocycles. The van der Waals surface area contributed by atoms with Gasteiger partial charge in [-0.25, -0.2) is 4.98 Å². The van der Waals surface area contributed by atoms with Gasteiger partial charge in [0.1, 0.15) is 17.1 Å². The number of carbonyl (C=O) groups is 1. The maximum atomic E-state index is 12.5. The Balaban J connectivity index is 1.49. The molecule has 0 aliphatic carbocycles. The van der Waals surface area contributed by atoms with Gasteiger partial charge < -0.3 is 14.3 Å². The Kier molecular flexibility index (Phi) is 5.07. The average Bonchev–Trinajstić information content (AvgIpc) is 3.28. The molecule has 1 aliphatic rings. The van der Waals surface area contributed by atoms with Crippen LogP contribution in [0.1, 0.15) is 39.6 Å². The van der Waals surface area contributed by atoms with Crippen molar-refractivity contribution in [3.63, 3.8) is 0 Å². The maximum absolute atomic E-state index is 12.5. The zero-order valence-corrected chi connectivity index (χ0v) is 15.6. The first-order chi connectivity index (χ1) is 13.6. The monoisotopic (exact) mass is 383 g/mol. The molecule has 0 bridgehead atoms. The summed E-state index contributed by atoms with van der Waals surface area (Å²) in [4.78, 5) is 31.6. The highest BCUT2D eigenvalue weighted by molar-refractivity contribution is 5.94. The van der Waals surface area contributed by atoms with Crippen LogP contribution in [-0.4, -0.2) is 32.1 Å². The van der Waals surface area contributed by atoms with Crippen molar-refractivity contribution in [1.29, 1.82) is 0 Å². The Morgan fingerprint density at radius 3 is 3.00 bits per heavy atom. The van der Waals surface area contributed by atoms with Gasteiger partial charge in [0, 0.05) is 31.3 Å². The van der Waals surface area contributed by atoms with Crippen LogP contribution in [0.3, 0.4) is 0 Å². The lowest BCUT2D eigenvalue weighted by Gasteiger charge is -2.18. The van der Waals surface area contributed by atoms with Gasteiger partial charge in [0.25, 0.3) is 11.5 Å². The third-order valence-corrected chi connectivity index (χ3v) is 4.77. The molecule has 0 aromatic carbocycles. The van der Waals surface area contributed by atoms with Crippen LogP contribution in [-0.2, 0) is 26.2 Å². The van der Waals surface area contributed by atoms with Crippen molar-refractivity contribution in [1.82, 2.24) is 24.9 Å². The standard InChI is InChI=1S/C19H21N5O4/c1-13-16(9-21-28-13)19(26)20-8-15-7-18(25)24-5-2-4-23(11-17(24)22-15)10-14-3-6-27-12-14/h3,6-7,9,12H,2,4-5,8,10-11H2,1H3,(H,20,26). The number of nitrogens with zero attached hydrogens (tertiary/aromatic N) is 4. The maximum Gasteiger partial charge on any atom is 0.256 e. The molecule has 1 aliphatic heterocycles. The lowest BCUT2D eigenvalue weighted by Crippen LogP contribution is -2.30. The van der Waals surface area contributed by atoms with Gasteiger partial charge in [-0.1, -0.05) is 5.16 Å². The molecule has 0 radical (unpaired) electrons. The molecular formula is C19H21N5O4. The molecule has 0 saturated heterocycles. The van der Waals surface area contributed by atoms with Crippen molar-refractivity contribution in [2.45, 2.75) is 39.5 Å². The Bertz CT molecular complexity index is 1020. The van der Waals surface area contributed by atoms with Gasteiger partial charge in [-0.15, -0.1) is 0 Å². The van der Waals surface area contributed by atoms with E-state index in [1.807, 2.05) is 6.07 Å². The first kappa shape index (κ1) is 18.2. The fraction of sp³-hybridized carbons (Fsp3) is 0.368. The van der Waals surface area contributed by atoms with Crippen LogP contribution in [0.15, 0.2) is 44.6 Å². The van der Waals surface area contributed by atoms with E-state index in [0.717, 1.165) is 25.1 Å². The average molecular weight is 383 g/mol. The molecule has 3 aromatic heterocycles. The van der Waals surface area contributed by atoms with E-state index >= 15 is 0 Å². The minimum absolute atomic E-state index is 0.0967. The Labute approximate surface area is 161 Å². The number of hydrogen-bond acceptors (Lipinski definition) is 7. The molecule has 0 spiro atoms. The molecule has 0 unspecified atom stereocenters. The van der Waals surface area contributed by atoms with Gasteiger partial charge in [0.15, 0.2) is 0 Å². The van der Waals surface area contributed by atoms with Crippen molar-refractivity contribution in [2.75, 3.05) is 6.54 Å². The summed E-state index contributed by atoms with van der Waals surface area (Å²) < 4.78 is 11.8. The predicted octanol–water partition coefficient (Wildman–Crippen LogP) is 1.47. The van der Waals surface area contributed by atoms with E-state index in [4.69, 9.17) is 8.94 Å². The topological polar surface area (TPSA) is 106 Å². The normalized spacial score (nSPS) is 14.5. The zero-order chi connectivity index (χ0) is 19.5. The largest absolute Gasteiger partial charge is 0.472 e. The zero-order valence-electron chi connectivity index (χ0n) is 15.6. The summed E-state index contributed by atoms with van der Waals surface area (Å²) in [5.74, 6) is 0.846. The van der Waals surface area contributed by atoms with E-state index in [1.165, 1.54) is 12.3 Å². The number of aromatic nitrogens is 3. The van der Waals surface area contributed by atoms with Crippen molar-refractivity contribution in [2.24, 2.45) is 0 Å². The lowest BCUT2D eigenvalue weighted by atomic mass is 10.2. The molecule has 9 nitrogen and oxygen atoms in total. The van der Waals surface area contributed by atoms with E-state index in [2.05, 4.69) is 20.4 Å². The number of furan rings is 1. The molecule has 4 rings (SSSR count). The molecule has 1 N–H and O–H groups in total. The number of rotatable bonds is 5. The van der Waals surface area contributed by atoms with Gasteiger partial charge in [0.2, 0.25) is 0 Å². The summed E-state index contributed by atoms with van der Waals surface area (Å²) in [7, 11) is 0. The van der Waals surface area contributed by atoms with Crippen molar-refractivity contribution in [3.8, 4) is 0 Å². The van der Waals surface area contributed by atoms with E-state index in [9.17, 15) is 9.59 Å². The number of aryl methyl sites for hydroxylation is 1. The molecule has 0 atom stereocenters. The third-order valence-electron chi connectivity index (χ3n) is 4.77. The SMILES string of the molecule is Cc1oncc1C(=O)NCc1cc(=O)n2c(n1)CN(Cc1ccoc1)CCC2. The van der Waals surface area contributed by atoms with Crippen LogP contribution in [0.4, 0.5) is 0 Å². The summed E-state index contributed by atoms with van der Waals surface area (Å²) >= 11 is 0. The van der Waals surface area contributed by atoms with E-state index in [1.54, 1.807) is 24.0 Å². The molecule has 146 valence electrons. The molecular weight excluding hydrogens is 362 g/mol. The molecule has 1 amide bonds. The fourth-order valence-electron chi connectivity index (χ4n) is 3.35. The first-order valence-electron chi connectivity index (χ1n) is 9.12. The molecule has 4 heterocycles. The summed E-state index contributed by atoms with van der Waals surface area (Å²) in [6.45, 7) is 4.63. The molecule has 28 heavy (non-hydrogen) atoms. The summed E-state index contributed by atoms with van der Waals surface area (Å²) in [6, 6.07) is 3.42. The molecule has 9 heteroatoms. The number of amides is 1. The first-order valence-corrected chi connectivity index (χ1v) is 9.12. The predicted molar refractivity (Wildman–Crippen MR) is 98.3 cm³/mol. The van der Waals surface area contributed by atoms with Crippen LogP contribution < -0.4 is 10.9 Å². The minimum atomic E-state index is -0.308. The van der Waals surface area contributed by atoms with Crippen LogP contribution in [0.5, 0.6) is 0 Å². The molecule has 3 aromatic rings. The summed E-state index contributed by atoms with van der Waals surface area (Å²) in [5, 5.41) is 6.37. The molecule has 0 fully saturated rings.